The number of amides is 1. The minimum Gasteiger partial charge on any atom is -0.449 e. The van der Waals surface area contributed by atoms with Gasteiger partial charge in [-0.1, -0.05) is 36.4 Å². The van der Waals surface area contributed by atoms with Gasteiger partial charge >= 0.3 is 6.09 Å². The zero-order chi connectivity index (χ0) is 13.5. The first kappa shape index (κ1) is 13.1. The highest BCUT2D eigenvalue weighted by Gasteiger charge is 2.04. The standard InChI is InChI=1S/C15H16N2O2/c1-12-6-5-9-14(16-12)17-15(18)19-11-10-13-7-3-2-4-8-13/h2-9H,10-11H2,1H3,(H,16,17,18). The Morgan fingerprint density at radius 3 is 2.68 bits per heavy atom. The first-order chi connectivity index (χ1) is 9.24. The maximum Gasteiger partial charge on any atom is 0.412 e. The summed E-state index contributed by atoms with van der Waals surface area (Å²) in [4.78, 5) is 15.7. The van der Waals surface area contributed by atoms with Crippen LogP contribution in [0.2, 0.25) is 0 Å². The molecule has 4 nitrogen and oxygen atoms in total. The van der Waals surface area contributed by atoms with Crippen LogP contribution in [0.15, 0.2) is 48.5 Å². The number of ether oxygens (including phenoxy) is 1. The van der Waals surface area contributed by atoms with Crippen molar-refractivity contribution in [3.63, 3.8) is 0 Å². The van der Waals surface area contributed by atoms with Crippen molar-refractivity contribution in [3.05, 3.63) is 59.8 Å². The zero-order valence-electron chi connectivity index (χ0n) is 10.8. The third-order valence-electron chi connectivity index (χ3n) is 2.59. The van der Waals surface area contributed by atoms with Gasteiger partial charge in [0.05, 0.1) is 6.61 Å². The molecular formula is C15H16N2O2. The summed E-state index contributed by atoms with van der Waals surface area (Å²) in [5, 5.41) is 2.60. The molecular weight excluding hydrogens is 240 g/mol. The summed E-state index contributed by atoms with van der Waals surface area (Å²) in [6.07, 6.45) is 0.226. The number of nitrogens with zero attached hydrogens (tertiary/aromatic N) is 1. The van der Waals surface area contributed by atoms with E-state index in [0.29, 0.717) is 18.8 Å². The van der Waals surface area contributed by atoms with Crippen molar-refractivity contribution in [2.45, 2.75) is 13.3 Å². The molecule has 0 saturated heterocycles. The van der Waals surface area contributed by atoms with Gasteiger partial charge in [-0.2, -0.15) is 0 Å². The molecule has 0 bridgehead atoms. The molecule has 2 rings (SSSR count). The molecule has 0 aliphatic carbocycles. The number of hydrogen-bond acceptors (Lipinski definition) is 3. The van der Waals surface area contributed by atoms with Gasteiger partial charge < -0.3 is 4.74 Å². The molecule has 4 heteroatoms. The van der Waals surface area contributed by atoms with E-state index in [1.54, 1.807) is 6.07 Å². The number of carbonyl (C=O) groups is 1. The number of carbonyl (C=O) groups excluding carboxylic acids is 1. The van der Waals surface area contributed by atoms with Crippen LogP contribution >= 0.6 is 0 Å². The Kier molecular flexibility index (Phi) is 4.50. The van der Waals surface area contributed by atoms with E-state index in [0.717, 1.165) is 11.3 Å². The maximum atomic E-state index is 11.5. The van der Waals surface area contributed by atoms with Crippen molar-refractivity contribution >= 4 is 11.9 Å². The normalized spacial score (nSPS) is 9.95. The van der Waals surface area contributed by atoms with E-state index in [1.807, 2.05) is 49.4 Å². The Hall–Kier alpha value is -2.36. The van der Waals surface area contributed by atoms with Gasteiger partial charge in [-0.3, -0.25) is 5.32 Å². The summed E-state index contributed by atoms with van der Waals surface area (Å²) in [6, 6.07) is 15.3. The predicted octanol–water partition coefficient (Wildman–Crippen LogP) is 3.18. The lowest BCUT2D eigenvalue weighted by atomic mass is 10.2. The van der Waals surface area contributed by atoms with Crippen molar-refractivity contribution in [1.82, 2.24) is 4.98 Å². The van der Waals surface area contributed by atoms with E-state index >= 15 is 0 Å². The van der Waals surface area contributed by atoms with Crippen LogP contribution in [0, 0.1) is 6.92 Å². The van der Waals surface area contributed by atoms with Crippen LogP contribution in [0.3, 0.4) is 0 Å². The number of aryl methyl sites for hydroxylation is 1. The Labute approximate surface area is 112 Å². The molecule has 0 fully saturated rings. The lowest BCUT2D eigenvalue weighted by molar-refractivity contribution is 0.163. The molecule has 0 aliphatic rings. The van der Waals surface area contributed by atoms with Gasteiger partial charge in [0.25, 0.3) is 0 Å². The van der Waals surface area contributed by atoms with Crippen LogP contribution in [0.5, 0.6) is 0 Å². The van der Waals surface area contributed by atoms with E-state index < -0.39 is 6.09 Å². The van der Waals surface area contributed by atoms with Gasteiger partial charge in [-0.25, -0.2) is 9.78 Å². The summed E-state index contributed by atoms with van der Waals surface area (Å²) in [5.74, 6) is 0.504. The van der Waals surface area contributed by atoms with Crippen LogP contribution in [0.1, 0.15) is 11.3 Å². The quantitative estimate of drug-likeness (QED) is 0.914. The molecule has 0 spiro atoms. The first-order valence-corrected chi connectivity index (χ1v) is 6.15. The van der Waals surface area contributed by atoms with Crippen LogP contribution in [0.25, 0.3) is 0 Å². The second-order valence-electron chi connectivity index (χ2n) is 4.16. The molecule has 2 aromatic rings. The summed E-state index contributed by atoms with van der Waals surface area (Å²) >= 11 is 0. The summed E-state index contributed by atoms with van der Waals surface area (Å²) < 4.78 is 5.10. The van der Waals surface area contributed by atoms with Gasteiger partial charge in [0.1, 0.15) is 5.82 Å². The Morgan fingerprint density at radius 2 is 1.95 bits per heavy atom. The van der Waals surface area contributed by atoms with E-state index in [9.17, 15) is 4.79 Å². The third kappa shape index (κ3) is 4.43. The fourth-order valence-corrected chi connectivity index (χ4v) is 1.66. The minimum atomic E-state index is -0.478. The largest absolute Gasteiger partial charge is 0.449 e. The van der Waals surface area contributed by atoms with Gasteiger partial charge in [-0.05, 0) is 24.6 Å². The molecule has 0 atom stereocenters. The van der Waals surface area contributed by atoms with Crippen LogP contribution in [-0.2, 0) is 11.2 Å². The minimum absolute atomic E-state index is 0.349. The maximum absolute atomic E-state index is 11.5. The van der Waals surface area contributed by atoms with Gasteiger partial charge in [-0.15, -0.1) is 0 Å². The number of rotatable bonds is 4. The fourth-order valence-electron chi connectivity index (χ4n) is 1.66. The van der Waals surface area contributed by atoms with Gasteiger partial charge in [0.2, 0.25) is 0 Å². The van der Waals surface area contributed by atoms with Crippen molar-refractivity contribution in [3.8, 4) is 0 Å². The van der Waals surface area contributed by atoms with E-state index in [2.05, 4.69) is 10.3 Å². The molecule has 1 N–H and O–H groups in total. The predicted molar refractivity (Wildman–Crippen MR) is 74.1 cm³/mol. The van der Waals surface area contributed by atoms with Crippen LogP contribution < -0.4 is 5.32 Å². The van der Waals surface area contributed by atoms with Crippen LogP contribution in [0.4, 0.5) is 10.6 Å². The molecule has 1 aromatic carbocycles. The number of hydrogen-bond donors (Lipinski definition) is 1. The van der Waals surface area contributed by atoms with Gasteiger partial charge in [0, 0.05) is 12.1 Å². The number of pyridine rings is 1. The zero-order valence-corrected chi connectivity index (χ0v) is 10.8. The monoisotopic (exact) mass is 256 g/mol. The topological polar surface area (TPSA) is 51.2 Å². The first-order valence-electron chi connectivity index (χ1n) is 6.15. The highest BCUT2D eigenvalue weighted by molar-refractivity contribution is 5.83. The summed E-state index contributed by atoms with van der Waals surface area (Å²) in [7, 11) is 0. The highest BCUT2D eigenvalue weighted by atomic mass is 16.5. The average molecular weight is 256 g/mol. The second kappa shape index (κ2) is 6.54. The Balaban J connectivity index is 1.76. The molecule has 0 unspecified atom stereocenters. The van der Waals surface area contributed by atoms with Crippen molar-refractivity contribution in [2.24, 2.45) is 0 Å². The smallest absolute Gasteiger partial charge is 0.412 e. The van der Waals surface area contributed by atoms with Gasteiger partial charge in [0.15, 0.2) is 0 Å². The van der Waals surface area contributed by atoms with Crippen molar-refractivity contribution in [1.29, 1.82) is 0 Å². The number of benzene rings is 1. The summed E-state index contributed by atoms with van der Waals surface area (Å²) in [6.45, 7) is 2.22. The number of anilines is 1. The molecule has 1 amide bonds. The highest BCUT2D eigenvalue weighted by Crippen LogP contribution is 2.05. The Morgan fingerprint density at radius 1 is 1.16 bits per heavy atom. The number of nitrogens with one attached hydrogen (secondary N) is 1. The number of aromatic nitrogens is 1. The van der Waals surface area contributed by atoms with E-state index in [1.165, 1.54) is 0 Å². The molecule has 0 radical (unpaired) electrons. The fraction of sp³-hybridized carbons (Fsp3) is 0.200. The van der Waals surface area contributed by atoms with E-state index in [-0.39, 0.29) is 0 Å². The summed E-state index contributed by atoms with van der Waals surface area (Å²) in [5.41, 5.74) is 1.99. The SMILES string of the molecule is Cc1cccc(NC(=O)OCCc2ccccc2)n1. The third-order valence-corrected chi connectivity index (χ3v) is 2.59. The van der Waals surface area contributed by atoms with Crippen molar-refractivity contribution < 1.29 is 9.53 Å². The average Bonchev–Trinajstić information content (AvgIpc) is 2.40. The Bertz CT molecular complexity index is 541. The van der Waals surface area contributed by atoms with Crippen LogP contribution in [-0.4, -0.2) is 17.7 Å². The van der Waals surface area contributed by atoms with E-state index in [4.69, 9.17) is 4.74 Å². The second-order valence-corrected chi connectivity index (χ2v) is 4.16. The molecule has 1 heterocycles. The molecule has 98 valence electrons. The molecule has 0 saturated carbocycles. The molecule has 1 aromatic heterocycles. The lowest BCUT2D eigenvalue weighted by Crippen LogP contribution is -2.16. The molecule has 0 aliphatic heterocycles. The lowest BCUT2D eigenvalue weighted by Gasteiger charge is -2.06. The molecule has 19 heavy (non-hydrogen) atoms. The van der Waals surface area contributed by atoms with Crippen molar-refractivity contribution in [2.75, 3.05) is 11.9 Å².